The summed E-state index contributed by atoms with van der Waals surface area (Å²) in [6, 6.07) is 10.2. The summed E-state index contributed by atoms with van der Waals surface area (Å²) in [6.07, 6.45) is 0.825. The molecule has 2 N–H and O–H groups in total. The highest BCUT2D eigenvalue weighted by Crippen LogP contribution is 2.26. The fourth-order valence-corrected chi connectivity index (χ4v) is 4.89. The molecule has 134 valence electrons. The number of ether oxygens (including phenoxy) is 1. The van der Waals surface area contributed by atoms with Crippen LogP contribution in [0.2, 0.25) is 0 Å². The highest BCUT2D eigenvalue weighted by Gasteiger charge is 2.24. The molecule has 0 radical (unpaired) electrons. The van der Waals surface area contributed by atoms with E-state index in [0.717, 1.165) is 29.1 Å². The highest BCUT2D eigenvalue weighted by molar-refractivity contribution is 7.91. The van der Waals surface area contributed by atoms with Crippen molar-refractivity contribution in [1.29, 1.82) is 0 Å². The molecule has 0 fully saturated rings. The molecule has 0 saturated carbocycles. The number of para-hydroxylation sites is 1. The number of hydrogen-bond acceptors (Lipinski definition) is 5. The summed E-state index contributed by atoms with van der Waals surface area (Å²) < 4.78 is 32.6. The van der Waals surface area contributed by atoms with Crippen LogP contribution in [0.15, 0.2) is 46.0 Å². The first-order chi connectivity index (χ1) is 12.0. The lowest BCUT2D eigenvalue weighted by Gasteiger charge is -2.26. The molecule has 1 aliphatic heterocycles. The Morgan fingerprint density at radius 1 is 1.32 bits per heavy atom. The van der Waals surface area contributed by atoms with E-state index in [1.54, 1.807) is 11.4 Å². The Kier molecular flexibility index (Phi) is 5.41. The van der Waals surface area contributed by atoms with E-state index in [4.69, 9.17) is 4.74 Å². The van der Waals surface area contributed by atoms with Gasteiger partial charge in [-0.15, -0.1) is 11.3 Å². The van der Waals surface area contributed by atoms with E-state index >= 15 is 0 Å². The summed E-state index contributed by atoms with van der Waals surface area (Å²) >= 11 is 1.11. The van der Waals surface area contributed by atoms with Gasteiger partial charge < -0.3 is 10.1 Å². The van der Waals surface area contributed by atoms with Gasteiger partial charge in [-0.3, -0.25) is 4.79 Å². The van der Waals surface area contributed by atoms with Crippen LogP contribution in [0.3, 0.4) is 0 Å². The minimum atomic E-state index is -3.66. The van der Waals surface area contributed by atoms with E-state index < -0.39 is 16.1 Å². The Morgan fingerprint density at radius 3 is 2.88 bits per heavy atom. The number of hydrogen-bond donors (Lipinski definition) is 2. The lowest BCUT2D eigenvalue weighted by Crippen LogP contribution is -2.46. The van der Waals surface area contributed by atoms with Crippen LogP contribution in [0.1, 0.15) is 12.5 Å². The Morgan fingerprint density at radius 2 is 2.12 bits per heavy atom. The van der Waals surface area contributed by atoms with Crippen LogP contribution in [0.5, 0.6) is 5.75 Å². The van der Waals surface area contributed by atoms with E-state index in [1.807, 2.05) is 24.3 Å². The number of amides is 1. The van der Waals surface area contributed by atoms with Crippen molar-refractivity contribution >= 4 is 27.3 Å². The van der Waals surface area contributed by atoms with Crippen LogP contribution in [0, 0.1) is 5.92 Å². The SMILES string of the molecule is CC(NS(=O)(=O)c1cccs1)C(=O)NCC1COc2ccccc2C1. The molecule has 25 heavy (non-hydrogen) atoms. The molecule has 2 aromatic rings. The van der Waals surface area contributed by atoms with Gasteiger partial charge in [0.1, 0.15) is 9.96 Å². The van der Waals surface area contributed by atoms with Gasteiger partial charge in [-0.05, 0) is 36.4 Å². The number of nitrogens with one attached hydrogen (secondary N) is 2. The first-order valence-electron chi connectivity index (χ1n) is 8.00. The minimum Gasteiger partial charge on any atom is -0.493 e. The predicted molar refractivity (Wildman–Crippen MR) is 96.2 cm³/mol. The summed E-state index contributed by atoms with van der Waals surface area (Å²) in [5.41, 5.74) is 1.12. The number of fused-ring (bicyclic) bond motifs is 1. The van der Waals surface area contributed by atoms with Crippen LogP contribution < -0.4 is 14.8 Å². The molecular formula is C17H20N2O4S2. The molecule has 1 amide bonds. The Balaban J connectivity index is 1.51. The average Bonchev–Trinajstić information content (AvgIpc) is 3.14. The monoisotopic (exact) mass is 380 g/mol. The first kappa shape index (κ1) is 17.9. The normalized spacial score (nSPS) is 18.0. The lowest BCUT2D eigenvalue weighted by molar-refractivity contribution is -0.122. The summed E-state index contributed by atoms with van der Waals surface area (Å²) in [5, 5.41) is 4.49. The standard InChI is InChI=1S/C17H20N2O4S2/c1-12(19-25(21,22)16-7-4-8-24-16)17(20)18-10-13-9-14-5-2-3-6-15(14)23-11-13/h2-8,12-13,19H,9-11H2,1H3,(H,18,20). The van der Waals surface area contributed by atoms with Crippen molar-refractivity contribution in [1.82, 2.24) is 10.0 Å². The Labute approximate surface area is 151 Å². The van der Waals surface area contributed by atoms with Gasteiger partial charge in [-0.1, -0.05) is 24.3 Å². The van der Waals surface area contributed by atoms with Crippen LogP contribution in [0.4, 0.5) is 0 Å². The second-order valence-electron chi connectivity index (χ2n) is 6.01. The predicted octanol–water partition coefficient (Wildman–Crippen LogP) is 1.78. The zero-order valence-corrected chi connectivity index (χ0v) is 15.4. The summed E-state index contributed by atoms with van der Waals surface area (Å²) in [6.45, 7) is 2.51. The fraction of sp³-hybridized carbons (Fsp3) is 0.353. The van der Waals surface area contributed by atoms with E-state index in [1.165, 1.54) is 13.0 Å². The molecular weight excluding hydrogens is 360 g/mol. The molecule has 2 unspecified atom stereocenters. The van der Waals surface area contributed by atoms with Crippen molar-refractivity contribution in [2.75, 3.05) is 13.2 Å². The number of carbonyl (C=O) groups is 1. The van der Waals surface area contributed by atoms with E-state index in [9.17, 15) is 13.2 Å². The van der Waals surface area contributed by atoms with Crippen molar-refractivity contribution in [3.05, 3.63) is 47.3 Å². The second-order valence-corrected chi connectivity index (χ2v) is 8.90. The maximum Gasteiger partial charge on any atom is 0.250 e. The zero-order valence-electron chi connectivity index (χ0n) is 13.8. The number of rotatable bonds is 6. The van der Waals surface area contributed by atoms with Gasteiger partial charge in [-0.2, -0.15) is 4.72 Å². The Hall–Kier alpha value is -1.90. The summed E-state index contributed by atoms with van der Waals surface area (Å²) in [4.78, 5) is 12.2. The van der Waals surface area contributed by atoms with Gasteiger partial charge in [0.15, 0.2) is 0 Å². The molecule has 8 heteroatoms. The molecule has 1 aromatic carbocycles. The number of sulfonamides is 1. The maximum atomic E-state index is 12.2. The molecule has 3 rings (SSSR count). The lowest BCUT2D eigenvalue weighted by atomic mass is 9.97. The van der Waals surface area contributed by atoms with Gasteiger partial charge in [0.25, 0.3) is 10.0 Å². The van der Waals surface area contributed by atoms with Crippen molar-refractivity contribution in [3.63, 3.8) is 0 Å². The average molecular weight is 380 g/mol. The first-order valence-corrected chi connectivity index (χ1v) is 10.4. The molecule has 0 aliphatic carbocycles. The largest absolute Gasteiger partial charge is 0.493 e. The van der Waals surface area contributed by atoms with E-state index in [0.29, 0.717) is 13.2 Å². The third-order valence-electron chi connectivity index (χ3n) is 4.01. The molecule has 6 nitrogen and oxygen atoms in total. The molecule has 1 aliphatic rings. The number of thiophene rings is 1. The molecule has 0 saturated heterocycles. The fourth-order valence-electron chi connectivity index (χ4n) is 2.68. The van der Waals surface area contributed by atoms with Crippen LogP contribution in [-0.4, -0.2) is 33.5 Å². The third kappa shape index (κ3) is 4.39. The zero-order chi connectivity index (χ0) is 17.9. The smallest absolute Gasteiger partial charge is 0.250 e. The van der Waals surface area contributed by atoms with Crippen LogP contribution >= 0.6 is 11.3 Å². The van der Waals surface area contributed by atoms with Crippen LogP contribution in [-0.2, 0) is 21.2 Å². The maximum absolute atomic E-state index is 12.2. The quantitative estimate of drug-likeness (QED) is 0.800. The van der Waals surface area contributed by atoms with Crippen molar-refractivity contribution in [3.8, 4) is 5.75 Å². The van der Waals surface area contributed by atoms with Crippen molar-refractivity contribution in [2.45, 2.75) is 23.6 Å². The summed E-state index contributed by atoms with van der Waals surface area (Å²) in [5.74, 6) is 0.709. The Bertz CT molecular complexity index is 834. The van der Waals surface area contributed by atoms with Gasteiger partial charge >= 0.3 is 0 Å². The van der Waals surface area contributed by atoms with Gasteiger partial charge in [0.2, 0.25) is 5.91 Å². The van der Waals surface area contributed by atoms with Gasteiger partial charge in [0, 0.05) is 12.5 Å². The van der Waals surface area contributed by atoms with Crippen molar-refractivity contribution < 1.29 is 17.9 Å². The van der Waals surface area contributed by atoms with Gasteiger partial charge in [0.05, 0.1) is 12.6 Å². The van der Waals surface area contributed by atoms with E-state index in [-0.39, 0.29) is 16.0 Å². The number of benzene rings is 1. The molecule has 2 heterocycles. The van der Waals surface area contributed by atoms with Crippen LogP contribution in [0.25, 0.3) is 0 Å². The highest BCUT2D eigenvalue weighted by atomic mass is 32.2. The molecule has 1 aromatic heterocycles. The van der Waals surface area contributed by atoms with Crippen molar-refractivity contribution in [2.24, 2.45) is 5.92 Å². The molecule has 2 atom stereocenters. The third-order valence-corrected chi connectivity index (χ3v) is 6.94. The van der Waals surface area contributed by atoms with E-state index in [2.05, 4.69) is 10.0 Å². The molecule has 0 bridgehead atoms. The van der Waals surface area contributed by atoms with Gasteiger partial charge in [-0.25, -0.2) is 8.42 Å². The minimum absolute atomic E-state index is 0.167. The molecule has 0 spiro atoms. The number of carbonyl (C=O) groups excluding carboxylic acids is 1. The second kappa shape index (κ2) is 7.55. The summed E-state index contributed by atoms with van der Waals surface area (Å²) in [7, 11) is -3.66. The topological polar surface area (TPSA) is 84.5 Å².